The van der Waals surface area contributed by atoms with Crippen LogP contribution in [0.1, 0.15) is 71.9 Å². The van der Waals surface area contributed by atoms with Gasteiger partial charge in [0.25, 0.3) is 0 Å². The van der Waals surface area contributed by atoms with Crippen LogP contribution in [0.3, 0.4) is 0 Å². The van der Waals surface area contributed by atoms with E-state index in [1.165, 1.54) is 101 Å². The molecule has 9 aromatic carbocycles. The van der Waals surface area contributed by atoms with Crippen molar-refractivity contribution in [2.45, 2.75) is 77.0 Å². The molecular formula is C90H75F6N3O15. The van der Waals surface area contributed by atoms with Gasteiger partial charge in [-0.25, -0.2) is 26.3 Å². The Balaban J connectivity index is 0.000000149. The molecule has 3 heterocycles. The lowest BCUT2D eigenvalue weighted by atomic mass is 9.87. The highest BCUT2D eigenvalue weighted by Crippen LogP contribution is 2.52. The third-order valence-corrected chi connectivity index (χ3v) is 20.7. The van der Waals surface area contributed by atoms with Crippen LogP contribution in [-0.4, -0.2) is 92.3 Å². The first-order valence-electron chi connectivity index (χ1n) is 36.3. The number of halogens is 6. The molecule has 0 unspecified atom stereocenters. The maximum Gasteiger partial charge on any atom is 0.166 e. The number of hydrogen-bond donors (Lipinski definition) is 0. The van der Waals surface area contributed by atoms with E-state index >= 15 is 13.2 Å². The Bertz CT molecular complexity index is 5680. The zero-order valence-corrected chi connectivity index (χ0v) is 62.8. The van der Waals surface area contributed by atoms with Crippen molar-refractivity contribution < 1.29 is 97.7 Å². The fourth-order valence-electron chi connectivity index (χ4n) is 13.6. The summed E-state index contributed by atoms with van der Waals surface area (Å²) in [5, 5.41) is 1.87. The predicted octanol–water partition coefficient (Wildman–Crippen LogP) is 18.1. The van der Waals surface area contributed by atoms with Crippen molar-refractivity contribution in [2.24, 2.45) is 16.2 Å². The first kappa shape index (κ1) is 79.1. The average molecular weight is 1550 g/mol. The van der Waals surface area contributed by atoms with E-state index in [2.05, 4.69) is 15.0 Å². The van der Waals surface area contributed by atoms with Gasteiger partial charge >= 0.3 is 0 Å². The first-order chi connectivity index (χ1) is 55.0. The summed E-state index contributed by atoms with van der Waals surface area (Å²) in [5.41, 5.74) is 1.65. The van der Waals surface area contributed by atoms with Gasteiger partial charge in [0.2, 0.25) is 0 Å². The molecule has 0 saturated heterocycles. The van der Waals surface area contributed by atoms with Gasteiger partial charge in [0.1, 0.15) is 46.3 Å². The van der Waals surface area contributed by atoms with Crippen LogP contribution < -0.4 is 42.6 Å². The SMILES string of the molecule is COc1cc2nccc(Oc3cc(F)c(CC(=O)C4(C(=O)Cc5ccc(F)cc5)CC4)cc3F)c2cc1OC.COc1cc2nccc(Oc3ccc(CC(=O)C4(C(=O)Cc5ccc(F)cc5)CC4)cc3)c2cc1OC.COc1cc2nccc(Oc3ccc(CC(=O)C4(C(=O)Cc5ccc(F)cc5)CC4)cc3F)c2cc1OC. The standard InChI is InChI=1S/C30H24F3NO5.C30H25F2NO5.C30H26FNO5/c1-37-26-14-20-23(16-27(26)38-2)34-10-7-24(20)39-25-15-21(32)18(12-22(25)33)13-29(36)30(8-9-30)28(35)11-17-3-5-19(31)6-4-17;1-36-26-16-21-23(17-27(26)37-2)33-12-9-24(21)38-25-8-5-19(13-22(25)32)15-29(35)30(10-11-30)28(34)14-18-3-6-20(31)7-4-18;1-35-26-17-23-24(18-27(26)36-2)32-14-11-25(23)37-22-9-5-20(6-10-22)16-29(34)30(12-13-30)28(33)15-19-3-7-21(31)8-4-19/h3-7,10,12,14-16H,8-9,11,13H2,1-2H3;3-9,12-13,16-17H,10-11,14-15H2,1-2H3;3-11,14,17-18H,12-13,15-16H2,1-2H3. The van der Waals surface area contributed by atoms with Crippen molar-refractivity contribution in [3.63, 3.8) is 0 Å². The Morgan fingerprint density at radius 1 is 0.281 bits per heavy atom. The number of ketones is 6. The zero-order valence-electron chi connectivity index (χ0n) is 62.8. The number of nitrogens with zero attached hydrogens (tertiary/aromatic N) is 3. The van der Waals surface area contributed by atoms with Gasteiger partial charge in [0.05, 0.1) is 75.5 Å². The molecule has 24 heteroatoms. The molecular weight excluding hydrogens is 1480 g/mol. The summed E-state index contributed by atoms with van der Waals surface area (Å²) in [6.07, 6.45) is 7.26. The van der Waals surface area contributed by atoms with E-state index in [1.54, 1.807) is 112 Å². The van der Waals surface area contributed by atoms with Crippen molar-refractivity contribution in [1.29, 1.82) is 0 Å². The lowest BCUT2D eigenvalue weighted by Gasteiger charge is -2.15. The Morgan fingerprint density at radius 2 is 0.570 bits per heavy atom. The molecule has 3 aliphatic rings. The fraction of sp³-hybridized carbons (Fsp3) is 0.233. The molecule has 18 nitrogen and oxygen atoms in total. The summed E-state index contributed by atoms with van der Waals surface area (Å²) in [7, 11) is 9.14. The molecule has 0 atom stereocenters. The number of carbonyl (C=O) groups is 6. The van der Waals surface area contributed by atoms with Crippen LogP contribution in [0.2, 0.25) is 0 Å². The van der Waals surface area contributed by atoms with Crippen LogP contribution in [0, 0.1) is 51.1 Å². The summed E-state index contributed by atoms with van der Waals surface area (Å²) in [4.78, 5) is 90.9. The van der Waals surface area contributed by atoms with Crippen LogP contribution in [0.4, 0.5) is 26.3 Å². The van der Waals surface area contributed by atoms with Gasteiger partial charge in [-0.3, -0.25) is 43.7 Å². The molecule has 0 radical (unpaired) electrons. The van der Waals surface area contributed by atoms with Gasteiger partial charge in [0, 0.05) is 97.5 Å². The van der Waals surface area contributed by atoms with Crippen molar-refractivity contribution >= 4 is 67.4 Å². The molecule has 0 aliphatic heterocycles. The molecule has 3 aromatic heterocycles. The molecule has 0 bridgehead atoms. The second-order valence-corrected chi connectivity index (χ2v) is 27.9. The molecule has 3 aliphatic carbocycles. The van der Waals surface area contributed by atoms with Gasteiger partial charge in [0.15, 0.2) is 92.3 Å². The molecule has 3 fully saturated rings. The largest absolute Gasteiger partial charge is 0.493 e. The number of aromatic nitrogens is 3. The van der Waals surface area contributed by atoms with Crippen LogP contribution >= 0.6 is 0 Å². The number of fused-ring (bicyclic) bond motifs is 3. The highest BCUT2D eigenvalue weighted by atomic mass is 19.1. The molecule has 15 rings (SSSR count). The Morgan fingerprint density at radius 3 is 0.904 bits per heavy atom. The number of benzene rings is 9. The Kier molecular flexibility index (Phi) is 23.5. The highest BCUT2D eigenvalue weighted by molar-refractivity contribution is 6.12. The van der Waals surface area contributed by atoms with Crippen molar-refractivity contribution in [3.05, 3.63) is 269 Å². The lowest BCUT2D eigenvalue weighted by molar-refractivity contribution is -0.135. The first-order valence-corrected chi connectivity index (χ1v) is 36.3. The summed E-state index contributed by atoms with van der Waals surface area (Å²) < 4.78 is 134. The van der Waals surface area contributed by atoms with Crippen LogP contribution in [0.5, 0.6) is 69.0 Å². The van der Waals surface area contributed by atoms with E-state index in [0.717, 1.165) is 23.1 Å². The van der Waals surface area contributed by atoms with E-state index in [9.17, 15) is 41.9 Å². The molecule has 12 aromatic rings. The molecule has 0 amide bonds. The summed E-state index contributed by atoms with van der Waals surface area (Å²) >= 11 is 0. The third kappa shape index (κ3) is 17.5. The van der Waals surface area contributed by atoms with E-state index in [-0.39, 0.29) is 95.5 Å². The van der Waals surface area contributed by atoms with Crippen LogP contribution in [-0.2, 0) is 67.3 Å². The second kappa shape index (κ2) is 33.9. The summed E-state index contributed by atoms with van der Waals surface area (Å²) in [5.74, 6) is -0.457. The number of Topliss-reactive ketones (excluding diaryl/α,β-unsaturated/α-hetero) is 6. The van der Waals surface area contributed by atoms with E-state index in [1.807, 2.05) is 18.2 Å². The minimum atomic E-state index is -1.22. The zero-order chi connectivity index (χ0) is 80.6. The number of carbonyl (C=O) groups excluding carboxylic acids is 6. The van der Waals surface area contributed by atoms with Gasteiger partial charge in [-0.15, -0.1) is 0 Å². The second-order valence-electron chi connectivity index (χ2n) is 27.9. The van der Waals surface area contributed by atoms with Crippen molar-refractivity contribution in [1.82, 2.24) is 15.0 Å². The lowest BCUT2D eigenvalue weighted by Crippen LogP contribution is -2.29. The van der Waals surface area contributed by atoms with E-state index < -0.39 is 51.7 Å². The van der Waals surface area contributed by atoms with E-state index in [4.69, 9.17) is 42.6 Å². The van der Waals surface area contributed by atoms with Crippen molar-refractivity contribution in [3.8, 4) is 69.0 Å². The number of ether oxygens (including phenoxy) is 9. The predicted molar refractivity (Wildman–Crippen MR) is 410 cm³/mol. The molecule has 3 saturated carbocycles. The minimum absolute atomic E-state index is 0.0167. The summed E-state index contributed by atoms with van der Waals surface area (Å²) in [6, 6.07) is 45.5. The van der Waals surface area contributed by atoms with E-state index in [0.29, 0.717) is 140 Å². The number of methoxy groups -OCH3 is 6. The fourth-order valence-corrected chi connectivity index (χ4v) is 13.6. The normalized spacial score (nSPS) is 13.7. The average Bonchev–Trinajstić information content (AvgIpc) is 1.55. The van der Waals surface area contributed by atoms with Gasteiger partial charge in [-0.2, -0.15) is 0 Å². The van der Waals surface area contributed by atoms with Crippen LogP contribution in [0.15, 0.2) is 201 Å². The molecule has 0 spiro atoms. The number of pyridine rings is 3. The Hall–Kier alpha value is -13.0. The topological polar surface area (TPSA) is 224 Å². The minimum Gasteiger partial charge on any atom is -0.493 e. The number of hydrogen-bond acceptors (Lipinski definition) is 18. The maximum absolute atomic E-state index is 15.1. The molecule has 0 N–H and O–H groups in total. The maximum atomic E-state index is 15.1. The summed E-state index contributed by atoms with van der Waals surface area (Å²) in [6.45, 7) is 0. The molecule has 582 valence electrons. The quantitative estimate of drug-likeness (QED) is 0.0301. The Labute approximate surface area is 650 Å². The highest BCUT2D eigenvalue weighted by Gasteiger charge is 2.56. The smallest absolute Gasteiger partial charge is 0.166 e. The van der Waals surface area contributed by atoms with Gasteiger partial charge < -0.3 is 42.6 Å². The van der Waals surface area contributed by atoms with Crippen molar-refractivity contribution in [2.75, 3.05) is 42.7 Å². The third-order valence-electron chi connectivity index (χ3n) is 20.7. The van der Waals surface area contributed by atoms with Gasteiger partial charge in [-0.05, 0) is 175 Å². The van der Waals surface area contributed by atoms with Crippen LogP contribution in [0.25, 0.3) is 32.7 Å². The van der Waals surface area contributed by atoms with Gasteiger partial charge in [-0.1, -0.05) is 54.6 Å². The monoisotopic (exact) mass is 1550 g/mol. The number of rotatable bonds is 30. The molecule has 114 heavy (non-hydrogen) atoms.